The Morgan fingerprint density at radius 1 is 1.11 bits per heavy atom. The van der Waals surface area contributed by atoms with E-state index < -0.39 is 5.82 Å². The molecule has 1 nitrogen and oxygen atoms in total. The zero-order valence-corrected chi connectivity index (χ0v) is 11.7. The van der Waals surface area contributed by atoms with Crippen LogP contribution in [-0.4, -0.2) is 5.78 Å². The smallest absolute Gasteiger partial charge is 0.193 e. The number of aryl methyl sites for hydroxylation is 2. The molecule has 0 spiro atoms. The third-order valence-electron chi connectivity index (χ3n) is 2.76. The largest absolute Gasteiger partial charge is 0.289 e. The van der Waals surface area contributed by atoms with Gasteiger partial charge in [-0.3, -0.25) is 4.79 Å². The summed E-state index contributed by atoms with van der Waals surface area (Å²) < 4.78 is 13.9. The number of carbonyl (C=O) groups excluding carboxylic acids is 1. The minimum absolute atomic E-state index is 0.156. The second-order valence-electron chi connectivity index (χ2n) is 4.31. The normalized spacial score (nSPS) is 10.4. The van der Waals surface area contributed by atoms with Crippen LogP contribution in [0.5, 0.6) is 0 Å². The lowest BCUT2D eigenvalue weighted by molar-refractivity contribution is 0.103. The van der Waals surface area contributed by atoms with Gasteiger partial charge in [0.15, 0.2) is 5.78 Å². The first-order valence-corrected chi connectivity index (χ1v) is 6.35. The molecule has 0 bridgehead atoms. The molecule has 0 radical (unpaired) electrons. The Kier molecular flexibility index (Phi) is 3.62. The van der Waals surface area contributed by atoms with Gasteiger partial charge in [0, 0.05) is 15.6 Å². The van der Waals surface area contributed by atoms with Crippen LogP contribution >= 0.6 is 15.9 Å². The second-order valence-corrected chi connectivity index (χ2v) is 5.22. The van der Waals surface area contributed by atoms with E-state index in [-0.39, 0.29) is 5.78 Å². The van der Waals surface area contributed by atoms with Crippen LogP contribution in [0.15, 0.2) is 40.9 Å². The molecule has 0 fully saturated rings. The van der Waals surface area contributed by atoms with E-state index in [0.29, 0.717) is 15.6 Å². The van der Waals surface area contributed by atoms with Gasteiger partial charge < -0.3 is 0 Å². The fourth-order valence-electron chi connectivity index (χ4n) is 1.82. The van der Waals surface area contributed by atoms with Crippen LogP contribution in [0.3, 0.4) is 0 Å². The van der Waals surface area contributed by atoms with Crippen molar-refractivity contribution < 1.29 is 9.18 Å². The van der Waals surface area contributed by atoms with Gasteiger partial charge in [-0.05, 0) is 43.7 Å². The molecular weight excluding hydrogens is 295 g/mol. The molecule has 0 aliphatic rings. The lowest BCUT2D eigenvalue weighted by Crippen LogP contribution is -2.04. The number of hydrogen-bond acceptors (Lipinski definition) is 1. The summed E-state index contributed by atoms with van der Waals surface area (Å²) in [5.74, 6) is -0.575. The number of ketones is 1. The van der Waals surface area contributed by atoms with Crippen molar-refractivity contribution in [1.82, 2.24) is 0 Å². The maximum absolute atomic E-state index is 13.3. The molecule has 2 rings (SSSR count). The molecule has 2 aromatic rings. The van der Waals surface area contributed by atoms with E-state index >= 15 is 0 Å². The average molecular weight is 307 g/mol. The molecular formula is C15H12BrFO. The van der Waals surface area contributed by atoms with Gasteiger partial charge >= 0.3 is 0 Å². The molecule has 0 amide bonds. The molecule has 3 heteroatoms. The third kappa shape index (κ3) is 2.67. The zero-order valence-electron chi connectivity index (χ0n) is 10.1. The average Bonchev–Trinajstić information content (AvgIpc) is 2.30. The molecule has 0 N–H and O–H groups in total. The SMILES string of the molecule is Cc1ccc(C)c(C(=O)c2cc(F)cc(Br)c2)c1. The fraction of sp³-hybridized carbons (Fsp3) is 0.133. The molecule has 0 unspecified atom stereocenters. The quantitative estimate of drug-likeness (QED) is 0.750. The highest BCUT2D eigenvalue weighted by atomic mass is 79.9. The van der Waals surface area contributed by atoms with Crippen LogP contribution in [0.2, 0.25) is 0 Å². The van der Waals surface area contributed by atoms with Gasteiger partial charge in [0.1, 0.15) is 5.82 Å². The van der Waals surface area contributed by atoms with Crippen LogP contribution in [0.1, 0.15) is 27.0 Å². The van der Waals surface area contributed by atoms with Crippen molar-refractivity contribution in [2.45, 2.75) is 13.8 Å². The lowest BCUT2D eigenvalue weighted by atomic mass is 9.97. The monoisotopic (exact) mass is 306 g/mol. The minimum atomic E-state index is -0.418. The first-order valence-electron chi connectivity index (χ1n) is 5.55. The van der Waals surface area contributed by atoms with Gasteiger partial charge in [-0.15, -0.1) is 0 Å². The van der Waals surface area contributed by atoms with Crippen LogP contribution in [0.25, 0.3) is 0 Å². The Hall–Kier alpha value is -1.48. The molecule has 2 aromatic carbocycles. The molecule has 92 valence electrons. The van der Waals surface area contributed by atoms with Crippen molar-refractivity contribution in [3.05, 3.63) is 68.9 Å². The highest BCUT2D eigenvalue weighted by Crippen LogP contribution is 2.20. The van der Waals surface area contributed by atoms with Crippen molar-refractivity contribution >= 4 is 21.7 Å². The predicted molar refractivity (Wildman–Crippen MR) is 73.4 cm³/mol. The summed E-state index contributed by atoms with van der Waals surface area (Å²) in [6.07, 6.45) is 0. The van der Waals surface area contributed by atoms with Crippen LogP contribution in [0, 0.1) is 19.7 Å². The summed E-state index contributed by atoms with van der Waals surface area (Å²) in [5.41, 5.74) is 2.88. The van der Waals surface area contributed by atoms with E-state index in [1.54, 1.807) is 6.07 Å². The zero-order chi connectivity index (χ0) is 13.3. The fourth-order valence-corrected chi connectivity index (χ4v) is 2.29. The number of benzene rings is 2. The summed E-state index contributed by atoms with van der Waals surface area (Å²) in [7, 11) is 0. The van der Waals surface area contributed by atoms with E-state index in [1.165, 1.54) is 12.1 Å². The molecule has 0 aliphatic carbocycles. The van der Waals surface area contributed by atoms with Crippen LogP contribution in [0.4, 0.5) is 4.39 Å². The lowest BCUT2D eigenvalue weighted by Gasteiger charge is -2.07. The van der Waals surface area contributed by atoms with E-state index in [9.17, 15) is 9.18 Å². The van der Waals surface area contributed by atoms with Gasteiger partial charge in [-0.25, -0.2) is 4.39 Å². The number of rotatable bonds is 2. The van der Waals surface area contributed by atoms with E-state index in [1.807, 2.05) is 32.0 Å². The summed E-state index contributed by atoms with van der Waals surface area (Å²) in [4.78, 5) is 12.3. The van der Waals surface area contributed by atoms with Crippen molar-refractivity contribution in [3.63, 3.8) is 0 Å². The van der Waals surface area contributed by atoms with Gasteiger partial charge in [0.25, 0.3) is 0 Å². The van der Waals surface area contributed by atoms with Gasteiger partial charge in [-0.2, -0.15) is 0 Å². The number of hydrogen-bond donors (Lipinski definition) is 0. The Labute approximate surface area is 114 Å². The summed E-state index contributed by atoms with van der Waals surface area (Å²) >= 11 is 3.19. The van der Waals surface area contributed by atoms with E-state index in [0.717, 1.165) is 11.1 Å². The molecule has 0 aliphatic heterocycles. The second kappa shape index (κ2) is 5.02. The molecule has 0 saturated carbocycles. The summed E-state index contributed by atoms with van der Waals surface area (Å²) in [6.45, 7) is 3.80. The Morgan fingerprint density at radius 3 is 2.50 bits per heavy atom. The topological polar surface area (TPSA) is 17.1 Å². The van der Waals surface area contributed by atoms with E-state index in [4.69, 9.17) is 0 Å². The predicted octanol–water partition coefficient (Wildman–Crippen LogP) is 4.44. The van der Waals surface area contributed by atoms with Crippen LogP contribution < -0.4 is 0 Å². The van der Waals surface area contributed by atoms with Crippen molar-refractivity contribution in [2.75, 3.05) is 0 Å². The van der Waals surface area contributed by atoms with Crippen LogP contribution in [-0.2, 0) is 0 Å². The summed E-state index contributed by atoms with van der Waals surface area (Å²) in [6, 6.07) is 9.91. The Balaban J connectivity index is 2.51. The maximum Gasteiger partial charge on any atom is 0.193 e. The standard InChI is InChI=1S/C15H12BrFO/c1-9-3-4-10(2)14(5-9)15(18)11-6-12(16)8-13(17)7-11/h3-8H,1-2H3. The molecule has 0 atom stereocenters. The Morgan fingerprint density at radius 2 is 1.83 bits per heavy atom. The molecule has 0 aromatic heterocycles. The maximum atomic E-state index is 13.3. The number of carbonyl (C=O) groups is 1. The summed E-state index contributed by atoms with van der Waals surface area (Å²) in [5, 5.41) is 0. The molecule has 0 saturated heterocycles. The van der Waals surface area contributed by atoms with Gasteiger partial charge in [0.2, 0.25) is 0 Å². The molecule has 18 heavy (non-hydrogen) atoms. The highest BCUT2D eigenvalue weighted by Gasteiger charge is 2.13. The molecule has 0 heterocycles. The first kappa shape index (κ1) is 13.0. The Bertz CT molecular complexity index is 600. The third-order valence-corrected chi connectivity index (χ3v) is 3.22. The van der Waals surface area contributed by atoms with Gasteiger partial charge in [0.05, 0.1) is 0 Å². The van der Waals surface area contributed by atoms with Crippen molar-refractivity contribution in [1.29, 1.82) is 0 Å². The first-order chi connectivity index (χ1) is 8.47. The van der Waals surface area contributed by atoms with Gasteiger partial charge in [-0.1, -0.05) is 33.6 Å². The van der Waals surface area contributed by atoms with Crippen molar-refractivity contribution in [3.8, 4) is 0 Å². The number of halogens is 2. The highest BCUT2D eigenvalue weighted by molar-refractivity contribution is 9.10. The minimum Gasteiger partial charge on any atom is -0.289 e. The van der Waals surface area contributed by atoms with E-state index in [2.05, 4.69) is 15.9 Å². The van der Waals surface area contributed by atoms with Crippen molar-refractivity contribution in [2.24, 2.45) is 0 Å².